The van der Waals surface area contributed by atoms with Crippen LogP contribution >= 0.6 is 0 Å². The van der Waals surface area contributed by atoms with Crippen molar-refractivity contribution in [1.82, 2.24) is 0 Å². The molecule has 0 fully saturated rings. The van der Waals surface area contributed by atoms with Crippen LogP contribution in [0.1, 0.15) is 0 Å². The minimum Gasteiger partial charge on any atom is -0.456 e. The Balaban J connectivity index is 1.06. The highest BCUT2D eigenvalue weighted by Gasteiger charge is 2.20. The maximum absolute atomic E-state index is 6.47. The van der Waals surface area contributed by atoms with Crippen LogP contribution < -0.4 is 0 Å². The SMILES string of the molecule is c1ccc2cc(-c3c4ccccc4c(-c4ccc(-c5ccc6cc7c(cc6c5)oc5ccc6ccccc6c57)c5ccccc45)c4ccccc34)ccc2c1. The van der Waals surface area contributed by atoms with Crippen LogP contribution in [0.4, 0.5) is 0 Å². The predicted molar refractivity (Wildman–Crippen MR) is 235 cm³/mol. The smallest absolute Gasteiger partial charge is 0.136 e. The molecule has 1 aromatic heterocycles. The lowest BCUT2D eigenvalue weighted by Crippen LogP contribution is -1.92. The maximum atomic E-state index is 6.47. The maximum Gasteiger partial charge on any atom is 0.136 e. The van der Waals surface area contributed by atoms with Crippen LogP contribution in [0.5, 0.6) is 0 Å². The molecule has 0 unspecified atom stereocenters. The molecule has 12 rings (SSSR count). The van der Waals surface area contributed by atoms with Crippen LogP contribution in [0.2, 0.25) is 0 Å². The summed E-state index contributed by atoms with van der Waals surface area (Å²) in [6, 6.07) is 71.2. The molecular weight excluding hydrogens is 665 g/mol. The summed E-state index contributed by atoms with van der Waals surface area (Å²) in [6.07, 6.45) is 0. The highest BCUT2D eigenvalue weighted by Crippen LogP contribution is 2.47. The van der Waals surface area contributed by atoms with E-state index in [9.17, 15) is 0 Å². The molecule has 0 N–H and O–H groups in total. The number of benzene rings is 11. The van der Waals surface area contributed by atoms with E-state index in [-0.39, 0.29) is 0 Å². The summed E-state index contributed by atoms with van der Waals surface area (Å²) in [5.41, 5.74) is 9.30. The van der Waals surface area contributed by atoms with E-state index in [4.69, 9.17) is 4.42 Å². The van der Waals surface area contributed by atoms with E-state index in [1.165, 1.54) is 103 Å². The van der Waals surface area contributed by atoms with Gasteiger partial charge in [-0.05, 0) is 128 Å². The zero-order valence-electron chi connectivity index (χ0n) is 29.9. The molecule has 11 aromatic carbocycles. The van der Waals surface area contributed by atoms with Crippen molar-refractivity contribution >= 4 is 86.6 Å². The van der Waals surface area contributed by atoms with Gasteiger partial charge in [0.1, 0.15) is 11.2 Å². The average molecular weight is 697 g/mol. The molecule has 254 valence electrons. The molecule has 0 saturated carbocycles. The zero-order chi connectivity index (χ0) is 36.0. The van der Waals surface area contributed by atoms with Crippen LogP contribution in [0.3, 0.4) is 0 Å². The summed E-state index contributed by atoms with van der Waals surface area (Å²) >= 11 is 0. The minimum absolute atomic E-state index is 0.919. The van der Waals surface area contributed by atoms with Crippen LogP contribution in [0, 0.1) is 0 Å². The first-order valence-corrected chi connectivity index (χ1v) is 19.0. The summed E-state index contributed by atoms with van der Waals surface area (Å²) in [5, 5.41) is 17.2. The van der Waals surface area contributed by atoms with E-state index in [1.807, 2.05) is 0 Å². The fourth-order valence-corrected chi connectivity index (χ4v) is 9.30. The van der Waals surface area contributed by atoms with Gasteiger partial charge in [-0.25, -0.2) is 0 Å². The molecule has 0 saturated heterocycles. The third-order valence-corrected chi connectivity index (χ3v) is 11.8. The fourth-order valence-electron chi connectivity index (χ4n) is 9.30. The molecule has 0 atom stereocenters. The number of hydrogen-bond acceptors (Lipinski definition) is 1. The number of fused-ring (bicyclic) bond motifs is 10. The molecule has 0 aliphatic heterocycles. The molecular formula is C54H32O. The molecule has 0 spiro atoms. The second-order valence-electron chi connectivity index (χ2n) is 14.8. The summed E-state index contributed by atoms with van der Waals surface area (Å²) in [5.74, 6) is 0. The summed E-state index contributed by atoms with van der Waals surface area (Å²) in [4.78, 5) is 0. The zero-order valence-corrected chi connectivity index (χ0v) is 29.9. The Hall–Kier alpha value is -7.22. The van der Waals surface area contributed by atoms with Gasteiger partial charge < -0.3 is 4.42 Å². The largest absolute Gasteiger partial charge is 0.456 e. The molecule has 0 bridgehead atoms. The number of furan rings is 1. The Bertz CT molecular complexity index is 3490. The van der Waals surface area contributed by atoms with Crippen molar-refractivity contribution in [2.45, 2.75) is 0 Å². The van der Waals surface area contributed by atoms with Crippen LogP contribution in [0.25, 0.3) is 120 Å². The Labute approximate surface area is 317 Å². The lowest BCUT2D eigenvalue weighted by atomic mass is 9.83. The predicted octanol–water partition coefficient (Wildman–Crippen LogP) is 15.5. The van der Waals surface area contributed by atoms with Gasteiger partial charge in [0.2, 0.25) is 0 Å². The van der Waals surface area contributed by atoms with E-state index >= 15 is 0 Å². The highest BCUT2D eigenvalue weighted by atomic mass is 16.3. The minimum atomic E-state index is 0.919. The Morgan fingerprint density at radius 3 is 1.51 bits per heavy atom. The first-order valence-electron chi connectivity index (χ1n) is 19.0. The Morgan fingerprint density at radius 1 is 0.255 bits per heavy atom. The van der Waals surface area contributed by atoms with Gasteiger partial charge >= 0.3 is 0 Å². The van der Waals surface area contributed by atoms with Crippen molar-refractivity contribution < 1.29 is 4.42 Å². The average Bonchev–Trinajstić information content (AvgIpc) is 3.62. The van der Waals surface area contributed by atoms with Crippen molar-refractivity contribution in [1.29, 1.82) is 0 Å². The first-order chi connectivity index (χ1) is 27.3. The number of rotatable bonds is 3. The van der Waals surface area contributed by atoms with E-state index in [0.29, 0.717) is 0 Å². The second-order valence-corrected chi connectivity index (χ2v) is 14.8. The molecule has 0 radical (unpaired) electrons. The van der Waals surface area contributed by atoms with E-state index < -0.39 is 0 Å². The molecule has 1 heterocycles. The van der Waals surface area contributed by atoms with Crippen molar-refractivity contribution in [3.63, 3.8) is 0 Å². The first kappa shape index (κ1) is 30.3. The normalized spacial score (nSPS) is 12.0. The quantitative estimate of drug-likeness (QED) is 0.168. The van der Waals surface area contributed by atoms with Crippen molar-refractivity contribution in [3.8, 4) is 33.4 Å². The number of hydrogen-bond donors (Lipinski definition) is 0. The van der Waals surface area contributed by atoms with Gasteiger partial charge in [-0.15, -0.1) is 0 Å². The highest BCUT2D eigenvalue weighted by molar-refractivity contribution is 6.25. The fraction of sp³-hybridized carbons (Fsp3) is 0. The molecule has 0 amide bonds. The summed E-state index contributed by atoms with van der Waals surface area (Å²) in [7, 11) is 0. The molecule has 0 aliphatic rings. The molecule has 0 aliphatic carbocycles. The van der Waals surface area contributed by atoms with Gasteiger partial charge in [0.05, 0.1) is 0 Å². The van der Waals surface area contributed by atoms with Crippen LogP contribution in [-0.4, -0.2) is 0 Å². The van der Waals surface area contributed by atoms with Crippen molar-refractivity contribution in [2.75, 3.05) is 0 Å². The third kappa shape index (κ3) is 4.54. The van der Waals surface area contributed by atoms with E-state index in [2.05, 4.69) is 194 Å². The molecule has 12 aromatic rings. The van der Waals surface area contributed by atoms with Gasteiger partial charge in [-0.2, -0.15) is 0 Å². The third-order valence-electron chi connectivity index (χ3n) is 11.8. The second kappa shape index (κ2) is 11.6. The van der Waals surface area contributed by atoms with E-state index in [1.54, 1.807) is 0 Å². The lowest BCUT2D eigenvalue weighted by molar-refractivity contribution is 0.670. The van der Waals surface area contributed by atoms with Gasteiger partial charge in [0.25, 0.3) is 0 Å². The molecule has 55 heavy (non-hydrogen) atoms. The molecule has 1 heteroatoms. The Kier molecular flexibility index (Phi) is 6.40. The van der Waals surface area contributed by atoms with Gasteiger partial charge in [-0.3, -0.25) is 0 Å². The van der Waals surface area contributed by atoms with Gasteiger partial charge in [0, 0.05) is 10.8 Å². The van der Waals surface area contributed by atoms with Crippen molar-refractivity contribution in [2.24, 2.45) is 0 Å². The standard InChI is InChI=1S/C54H32O/c1-2-13-35-29-38(24-21-33(35)11-1)52-44-17-7-9-19-46(44)53(47-20-10-8-18-45(47)52)48-27-26-40(42-15-5-6-16-43(42)48)37-23-22-36-31-49-51(32-39(36)30-37)55-50-28-25-34-12-3-4-14-41(34)54(49)50/h1-32H. The van der Waals surface area contributed by atoms with Crippen LogP contribution in [-0.2, 0) is 0 Å². The van der Waals surface area contributed by atoms with Gasteiger partial charge in [-0.1, -0.05) is 164 Å². The van der Waals surface area contributed by atoms with Crippen LogP contribution in [0.15, 0.2) is 199 Å². The summed E-state index contributed by atoms with van der Waals surface area (Å²) in [6.45, 7) is 0. The van der Waals surface area contributed by atoms with Gasteiger partial charge in [0.15, 0.2) is 0 Å². The Morgan fingerprint density at radius 2 is 0.764 bits per heavy atom. The van der Waals surface area contributed by atoms with Crippen molar-refractivity contribution in [3.05, 3.63) is 194 Å². The topological polar surface area (TPSA) is 13.1 Å². The lowest BCUT2D eigenvalue weighted by Gasteiger charge is -2.20. The summed E-state index contributed by atoms with van der Waals surface area (Å²) < 4.78 is 6.47. The molecule has 1 nitrogen and oxygen atoms in total. The van der Waals surface area contributed by atoms with E-state index in [0.717, 1.165) is 16.6 Å². The monoisotopic (exact) mass is 696 g/mol.